The summed E-state index contributed by atoms with van der Waals surface area (Å²) >= 11 is 0. The highest BCUT2D eigenvalue weighted by Gasteiger charge is 2.04. The molecule has 0 amide bonds. The predicted molar refractivity (Wildman–Crippen MR) is 43.2 cm³/mol. The standard InChI is InChI=1S/C8H10N2O/c1-6-4-3-5-8(9-6)7(2)10-11/h3-5,7H,1-2H3. The first-order chi connectivity index (χ1) is 5.24. The van der Waals surface area contributed by atoms with Crippen molar-refractivity contribution in [3.05, 3.63) is 34.5 Å². The average molecular weight is 150 g/mol. The van der Waals surface area contributed by atoms with E-state index in [0.717, 1.165) is 11.4 Å². The molecule has 58 valence electrons. The van der Waals surface area contributed by atoms with Gasteiger partial charge in [0, 0.05) is 5.69 Å². The number of hydrogen-bond acceptors (Lipinski definition) is 3. The molecule has 0 aliphatic carbocycles. The van der Waals surface area contributed by atoms with Crippen LogP contribution in [-0.2, 0) is 0 Å². The number of nitrogens with zero attached hydrogens (tertiary/aromatic N) is 2. The molecule has 0 saturated carbocycles. The number of pyridine rings is 1. The lowest BCUT2D eigenvalue weighted by atomic mass is 10.2. The van der Waals surface area contributed by atoms with E-state index in [9.17, 15) is 4.91 Å². The molecule has 0 N–H and O–H groups in total. The molecule has 0 fully saturated rings. The zero-order valence-electron chi connectivity index (χ0n) is 6.61. The molecule has 0 spiro atoms. The Morgan fingerprint density at radius 3 is 2.82 bits per heavy atom. The summed E-state index contributed by atoms with van der Waals surface area (Å²) in [5.74, 6) is 0. The average Bonchev–Trinajstić information content (AvgIpc) is 2.03. The summed E-state index contributed by atoms with van der Waals surface area (Å²) in [5, 5.41) is 2.89. The Morgan fingerprint density at radius 2 is 2.27 bits per heavy atom. The zero-order chi connectivity index (χ0) is 8.27. The molecule has 0 aromatic carbocycles. The smallest absolute Gasteiger partial charge is 0.131 e. The molecule has 1 atom stereocenters. The second-order valence-electron chi connectivity index (χ2n) is 2.49. The SMILES string of the molecule is Cc1cccc(C(C)N=O)n1. The van der Waals surface area contributed by atoms with Crippen molar-refractivity contribution in [3.63, 3.8) is 0 Å². The molecule has 1 aromatic rings. The molecule has 11 heavy (non-hydrogen) atoms. The molecule has 0 aliphatic rings. The van der Waals surface area contributed by atoms with Gasteiger partial charge in [0.2, 0.25) is 0 Å². The van der Waals surface area contributed by atoms with Crippen LogP contribution in [0.4, 0.5) is 0 Å². The van der Waals surface area contributed by atoms with Crippen molar-refractivity contribution in [2.45, 2.75) is 19.9 Å². The van der Waals surface area contributed by atoms with Crippen LogP contribution in [0.5, 0.6) is 0 Å². The minimum Gasteiger partial charge on any atom is -0.256 e. The van der Waals surface area contributed by atoms with Crippen molar-refractivity contribution in [1.82, 2.24) is 4.98 Å². The molecule has 3 nitrogen and oxygen atoms in total. The molecule has 0 saturated heterocycles. The van der Waals surface area contributed by atoms with Crippen LogP contribution in [0.3, 0.4) is 0 Å². The Balaban J connectivity index is 2.95. The van der Waals surface area contributed by atoms with E-state index in [-0.39, 0.29) is 6.04 Å². The summed E-state index contributed by atoms with van der Waals surface area (Å²) in [6.45, 7) is 3.62. The van der Waals surface area contributed by atoms with Crippen molar-refractivity contribution in [2.24, 2.45) is 5.18 Å². The summed E-state index contributed by atoms with van der Waals surface area (Å²) in [6.07, 6.45) is 0. The molecule has 1 rings (SSSR count). The van der Waals surface area contributed by atoms with Crippen LogP contribution in [0.25, 0.3) is 0 Å². The van der Waals surface area contributed by atoms with Gasteiger partial charge in [-0.25, -0.2) is 0 Å². The van der Waals surface area contributed by atoms with Gasteiger partial charge < -0.3 is 0 Å². The number of hydrogen-bond donors (Lipinski definition) is 0. The van der Waals surface area contributed by atoms with Gasteiger partial charge in [-0.1, -0.05) is 11.2 Å². The second-order valence-corrected chi connectivity index (χ2v) is 2.49. The van der Waals surface area contributed by atoms with Crippen molar-refractivity contribution >= 4 is 0 Å². The van der Waals surface area contributed by atoms with Crippen LogP contribution < -0.4 is 0 Å². The van der Waals surface area contributed by atoms with Gasteiger partial charge in [-0.2, -0.15) is 4.91 Å². The van der Waals surface area contributed by atoms with E-state index in [4.69, 9.17) is 0 Å². The summed E-state index contributed by atoms with van der Waals surface area (Å²) in [4.78, 5) is 14.3. The summed E-state index contributed by atoms with van der Waals surface area (Å²) in [7, 11) is 0. The molecule has 1 aromatic heterocycles. The van der Waals surface area contributed by atoms with Gasteiger partial charge in [0.25, 0.3) is 0 Å². The highest BCUT2D eigenvalue weighted by molar-refractivity contribution is 5.12. The van der Waals surface area contributed by atoms with Crippen molar-refractivity contribution in [2.75, 3.05) is 0 Å². The Morgan fingerprint density at radius 1 is 1.55 bits per heavy atom. The lowest BCUT2D eigenvalue weighted by molar-refractivity contribution is 0.770. The van der Waals surface area contributed by atoms with E-state index in [2.05, 4.69) is 10.2 Å². The maximum Gasteiger partial charge on any atom is 0.131 e. The molecular weight excluding hydrogens is 140 g/mol. The van der Waals surface area contributed by atoms with E-state index < -0.39 is 0 Å². The predicted octanol–water partition coefficient (Wildman–Crippen LogP) is 2.22. The first-order valence-corrected chi connectivity index (χ1v) is 3.50. The van der Waals surface area contributed by atoms with E-state index >= 15 is 0 Å². The minimum absolute atomic E-state index is 0.338. The van der Waals surface area contributed by atoms with Crippen molar-refractivity contribution in [3.8, 4) is 0 Å². The number of nitroso groups, excluding NO2 is 1. The first kappa shape index (κ1) is 7.85. The van der Waals surface area contributed by atoms with E-state index in [1.54, 1.807) is 13.0 Å². The van der Waals surface area contributed by atoms with Gasteiger partial charge in [-0.15, -0.1) is 0 Å². The first-order valence-electron chi connectivity index (χ1n) is 3.50. The minimum atomic E-state index is -0.338. The molecule has 3 heteroatoms. The van der Waals surface area contributed by atoms with Gasteiger partial charge in [0.05, 0.1) is 5.69 Å². The third kappa shape index (κ3) is 1.83. The third-order valence-electron chi connectivity index (χ3n) is 1.50. The topological polar surface area (TPSA) is 42.3 Å². The Hall–Kier alpha value is -1.25. The number of aromatic nitrogens is 1. The molecule has 0 aliphatic heterocycles. The molecule has 0 radical (unpaired) electrons. The van der Waals surface area contributed by atoms with Crippen LogP contribution in [0.1, 0.15) is 24.4 Å². The number of rotatable bonds is 2. The van der Waals surface area contributed by atoms with E-state index in [0.29, 0.717) is 0 Å². The fraction of sp³-hybridized carbons (Fsp3) is 0.375. The monoisotopic (exact) mass is 150 g/mol. The Bertz CT molecular complexity index is 260. The van der Waals surface area contributed by atoms with E-state index in [1.807, 2.05) is 19.1 Å². The van der Waals surface area contributed by atoms with E-state index in [1.165, 1.54) is 0 Å². The quantitative estimate of drug-likeness (QED) is 0.606. The Kier molecular flexibility index (Phi) is 2.31. The summed E-state index contributed by atoms with van der Waals surface area (Å²) < 4.78 is 0. The third-order valence-corrected chi connectivity index (χ3v) is 1.50. The highest BCUT2D eigenvalue weighted by atomic mass is 16.3. The lowest BCUT2D eigenvalue weighted by Gasteiger charge is -2.01. The highest BCUT2D eigenvalue weighted by Crippen LogP contribution is 2.12. The fourth-order valence-corrected chi connectivity index (χ4v) is 0.851. The zero-order valence-corrected chi connectivity index (χ0v) is 6.61. The van der Waals surface area contributed by atoms with Crippen LogP contribution in [0, 0.1) is 11.8 Å². The summed E-state index contributed by atoms with van der Waals surface area (Å²) in [6, 6.07) is 5.23. The van der Waals surface area contributed by atoms with Crippen LogP contribution in [0.15, 0.2) is 23.4 Å². The summed E-state index contributed by atoms with van der Waals surface area (Å²) in [5.41, 5.74) is 1.65. The van der Waals surface area contributed by atoms with Crippen LogP contribution in [0.2, 0.25) is 0 Å². The molecular formula is C8H10N2O. The molecule has 1 unspecified atom stereocenters. The Labute approximate surface area is 65.4 Å². The van der Waals surface area contributed by atoms with Crippen molar-refractivity contribution < 1.29 is 0 Å². The largest absolute Gasteiger partial charge is 0.256 e. The molecule has 1 heterocycles. The number of aryl methyl sites for hydroxylation is 1. The van der Waals surface area contributed by atoms with Crippen LogP contribution >= 0.6 is 0 Å². The maximum absolute atomic E-state index is 10.1. The van der Waals surface area contributed by atoms with Crippen LogP contribution in [-0.4, -0.2) is 4.98 Å². The van der Waals surface area contributed by atoms with Gasteiger partial charge in [0.1, 0.15) is 6.04 Å². The van der Waals surface area contributed by atoms with Gasteiger partial charge >= 0.3 is 0 Å². The molecule has 0 bridgehead atoms. The normalized spacial score (nSPS) is 12.5. The van der Waals surface area contributed by atoms with Crippen molar-refractivity contribution in [1.29, 1.82) is 0 Å². The van der Waals surface area contributed by atoms with Gasteiger partial charge in [-0.3, -0.25) is 4.98 Å². The second kappa shape index (κ2) is 3.23. The fourth-order valence-electron chi connectivity index (χ4n) is 0.851. The maximum atomic E-state index is 10.1. The van der Waals surface area contributed by atoms with Gasteiger partial charge in [0.15, 0.2) is 0 Å². The van der Waals surface area contributed by atoms with Gasteiger partial charge in [-0.05, 0) is 26.0 Å². The lowest BCUT2D eigenvalue weighted by Crippen LogP contribution is -1.93.